The second kappa shape index (κ2) is 6.67. The van der Waals surface area contributed by atoms with E-state index in [1.807, 2.05) is 0 Å². The Hall–Kier alpha value is -0.770. The number of rotatable bonds is 4. The van der Waals surface area contributed by atoms with Gasteiger partial charge in [-0.3, -0.25) is 4.90 Å². The zero-order valence-corrected chi connectivity index (χ0v) is 9.87. The van der Waals surface area contributed by atoms with Gasteiger partial charge in [-0.05, 0) is 13.0 Å². The van der Waals surface area contributed by atoms with Crippen LogP contribution < -0.4 is 0 Å². The summed E-state index contributed by atoms with van der Waals surface area (Å²) in [7, 11) is 1.44. The van der Waals surface area contributed by atoms with Crippen LogP contribution in [0.2, 0.25) is 0 Å². The van der Waals surface area contributed by atoms with Crippen LogP contribution in [-0.4, -0.2) is 55.7 Å². The number of carbonyl (C=O) groups is 1. The van der Waals surface area contributed by atoms with E-state index in [-0.39, 0.29) is 6.09 Å². The average molecular weight is 214 g/mol. The van der Waals surface area contributed by atoms with Crippen molar-refractivity contribution in [3.63, 3.8) is 0 Å². The molecule has 0 bridgehead atoms. The summed E-state index contributed by atoms with van der Waals surface area (Å²) in [6.45, 7) is 6.97. The number of nitrogens with zero attached hydrogens (tertiary/aromatic N) is 2. The fourth-order valence-electron chi connectivity index (χ4n) is 1.87. The number of ether oxygens (including phenoxy) is 1. The third-order valence-corrected chi connectivity index (χ3v) is 2.88. The molecule has 0 aromatic heterocycles. The van der Waals surface area contributed by atoms with Crippen molar-refractivity contribution in [2.45, 2.75) is 26.2 Å². The summed E-state index contributed by atoms with van der Waals surface area (Å²) >= 11 is 0. The summed E-state index contributed by atoms with van der Waals surface area (Å²) < 4.78 is 4.69. The van der Waals surface area contributed by atoms with Gasteiger partial charge in [-0.25, -0.2) is 4.79 Å². The Kier molecular flexibility index (Phi) is 5.47. The van der Waals surface area contributed by atoms with Gasteiger partial charge in [-0.1, -0.05) is 19.8 Å². The summed E-state index contributed by atoms with van der Waals surface area (Å²) in [6, 6.07) is 0. The van der Waals surface area contributed by atoms with Gasteiger partial charge in [0, 0.05) is 26.2 Å². The van der Waals surface area contributed by atoms with Crippen molar-refractivity contribution in [3.8, 4) is 0 Å². The standard InChI is InChI=1S/C11H22N2O2/c1-3-4-5-6-12-7-9-13(10-8-12)11(14)15-2/h3-10H2,1-2H3. The monoisotopic (exact) mass is 214 g/mol. The number of carbonyl (C=O) groups excluding carboxylic acids is 1. The van der Waals surface area contributed by atoms with Crippen LogP contribution in [0.1, 0.15) is 26.2 Å². The van der Waals surface area contributed by atoms with Crippen LogP contribution in [0.3, 0.4) is 0 Å². The zero-order chi connectivity index (χ0) is 11.1. The van der Waals surface area contributed by atoms with E-state index in [1.165, 1.54) is 32.9 Å². The normalized spacial score (nSPS) is 17.9. The van der Waals surface area contributed by atoms with Gasteiger partial charge in [-0.2, -0.15) is 0 Å². The van der Waals surface area contributed by atoms with Crippen LogP contribution in [0.4, 0.5) is 4.79 Å². The van der Waals surface area contributed by atoms with Gasteiger partial charge < -0.3 is 9.64 Å². The zero-order valence-electron chi connectivity index (χ0n) is 9.87. The molecule has 0 N–H and O–H groups in total. The maximum absolute atomic E-state index is 11.2. The highest BCUT2D eigenvalue weighted by Gasteiger charge is 2.20. The first-order valence-corrected chi connectivity index (χ1v) is 5.83. The van der Waals surface area contributed by atoms with E-state index in [0.717, 1.165) is 26.2 Å². The number of piperazine rings is 1. The molecule has 1 amide bonds. The van der Waals surface area contributed by atoms with E-state index in [2.05, 4.69) is 11.8 Å². The molecule has 1 fully saturated rings. The highest BCUT2D eigenvalue weighted by molar-refractivity contribution is 5.67. The molecule has 1 heterocycles. The lowest BCUT2D eigenvalue weighted by molar-refractivity contribution is 0.0905. The molecule has 0 unspecified atom stereocenters. The lowest BCUT2D eigenvalue weighted by Crippen LogP contribution is -2.48. The largest absolute Gasteiger partial charge is 0.453 e. The van der Waals surface area contributed by atoms with Crippen LogP contribution in [0.15, 0.2) is 0 Å². The molecule has 15 heavy (non-hydrogen) atoms. The van der Waals surface area contributed by atoms with Crippen LogP contribution in [-0.2, 0) is 4.74 Å². The first-order chi connectivity index (χ1) is 7.27. The van der Waals surface area contributed by atoms with Crippen molar-refractivity contribution >= 4 is 6.09 Å². The molecule has 0 atom stereocenters. The number of hydrogen-bond donors (Lipinski definition) is 0. The van der Waals surface area contributed by atoms with E-state index in [0.29, 0.717) is 0 Å². The molecule has 0 aliphatic carbocycles. The Bertz CT molecular complexity index is 189. The Morgan fingerprint density at radius 2 is 1.87 bits per heavy atom. The minimum Gasteiger partial charge on any atom is -0.453 e. The predicted molar refractivity (Wildman–Crippen MR) is 59.9 cm³/mol. The first kappa shape index (κ1) is 12.3. The summed E-state index contributed by atoms with van der Waals surface area (Å²) in [5.41, 5.74) is 0. The van der Waals surface area contributed by atoms with Gasteiger partial charge in [0.1, 0.15) is 0 Å². The number of methoxy groups -OCH3 is 1. The smallest absolute Gasteiger partial charge is 0.409 e. The van der Waals surface area contributed by atoms with Gasteiger partial charge >= 0.3 is 6.09 Å². The summed E-state index contributed by atoms with van der Waals surface area (Å²) in [5.74, 6) is 0. The highest BCUT2D eigenvalue weighted by Crippen LogP contribution is 2.05. The molecule has 4 nitrogen and oxygen atoms in total. The second-order valence-electron chi connectivity index (χ2n) is 4.01. The fourth-order valence-corrected chi connectivity index (χ4v) is 1.87. The summed E-state index contributed by atoms with van der Waals surface area (Å²) in [4.78, 5) is 15.4. The van der Waals surface area contributed by atoms with Crippen LogP contribution in [0.5, 0.6) is 0 Å². The second-order valence-corrected chi connectivity index (χ2v) is 4.01. The van der Waals surface area contributed by atoms with E-state index in [1.54, 1.807) is 4.90 Å². The van der Waals surface area contributed by atoms with Crippen molar-refractivity contribution in [2.24, 2.45) is 0 Å². The minimum atomic E-state index is -0.191. The fraction of sp³-hybridized carbons (Fsp3) is 0.909. The number of unbranched alkanes of at least 4 members (excludes halogenated alkanes) is 2. The third-order valence-electron chi connectivity index (χ3n) is 2.88. The SMILES string of the molecule is CCCCCN1CCN(C(=O)OC)CC1. The molecular weight excluding hydrogens is 192 g/mol. The van der Waals surface area contributed by atoms with E-state index in [9.17, 15) is 4.79 Å². The van der Waals surface area contributed by atoms with Crippen molar-refractivity contribution in [1.29, 1.82) is 0 Å². The molecule has 1 saturated heterocycles. The first-order valence-electron chi connectivity index (χ1n) is 5.83. The van der Waals surface area contributed by atoms with E-state index >= 15 is 0 Å². The van der Waals surface area contributed by atoms with E-state index in [4.69, 9.17) is 4.74 Å². The Morgan fingerprint density at radius 3 is 2.40 bits per heavy atom. The molecule has 0 radical (unpaired) electrons. The summed E-state index contributed by atoms with van der Waals surface area (Å²) in [6.07, 6.45) is 3.65. The Morgan fingerprint density at radius 1 is 1.20 bits per heavy atom. The topological polar surface area (TPSA) is 32.8 Å². The molecular formula is C11H22N2O2. The molecule has 88 valence electrons. The van der Waals surface area contributed by atoms with Crippen molar-refractivity contribution in [2.75, 3.05) is 39.8 Å². The molecule has 1 aliphatic rings. The maximum Gasteiger partial charge on any atom is 0.409 e. The molecule has 0 saturated carbocycles. The van der Waals surface area contributed by atoms with Crippen molar-refractivity contribution < 1.29 is 9.53 Å². The van der Waals surface area contributed by atoms with Crippen LogP contribution in [0, 0.1) is 0 Å². The Labute approximate surface area is 92.2 Å². The van der Waals surface area contributed by atoms with Crippen molar-refractivity contribution in [3.05, 3.63) is 0 Å². The molecule has 0 aromatic carbocycles. The third kappa shape index (κ3) is 4.08. The molecule has 0 spiro atoms. The summed E-state index contributed by atoms with van der Waals surface area (Å²) in [5, 5.41) is 0. The molecule has 4 heteroatoms. The van der Waals surface area contributed by atoms with Crippen molar-refractivity contribution in [1.82, 2.24) is 9.80 Å². The van der Waals surface area contributed by atoms with Gasteiger partial charge in [0.2, 0.25) is 0 Å². The minimum absolute atomic E-state index is 0.191. The predicted octanol–water partition coefficient (Wildman–Crippen LogP) is 1.56. The quantitative estimate of drug-likeness (QED) is 0.666. The Balaban J connectivity index is 2.15. The van der Waals surface area contributed by atoms with Gasteiger partial charge in [0.15, 0.2) is 0 Å². The van der Waals surface area contributed by atoms with Gasteiger partial charge in [-0.15, -0.1) is 0 Å². The average Bonchev–Trinajstić information content (AvgIpc) is 2.29. The molecule has 1 aliphatic heterocycles. The lowest BCUT2D eigenvalue weighted by Gasteiger charge is -2.33. The van der Waals surface area contributed by atoms with Crippen LogP contribution in [0.25, 0.3) is 0 Å². The van der Waals surface area contributed by atoms with Gasteiger partial charge in [0.25, 0.3) is 0 Å². The molecule has 1 rings (SSSR count). The highest BCUT2D eigenvalue weighted by atomic mass is 16.5. The number of amides is 1. The lowest BCUT2D eigenvalue weighted by atomic mass is 10.2. The van der Waals surface area contributed by atoms with Gasteiger partial charge in [0.05, 0.1) is 7.11 Å². The number of hydrogen-bond acceptors (Lipinski definition) is 3. The maximum atomic E-state index is 11.2. The molecule has 0 aromatic rings. The van der Waals surface area contributed by atoms with Crippen LogP contribution >= 0.6 is 0 Å². The van der Waals surface area contributed by atoms with E-state index < -0.39 is 0 Å².